The Morgan fingerprint density at radius 1 is 1.10 bits per heavy atom. The molecule has 7 heteroatoms. The molecule has 30 heavy (non-hydrogen) atoms. The standard InChI is InChI=1S/C23H28N2O5/c1-15-6-5-7-17(10-15)24-22(26)14-25-9-8-16-11-20(28-2)21(29-3)12-18(16)19(25)13-23(27)30-4/h5-7,10-12,19H,8-9,13-14H2,1-4H3,(H,24,26)/t19-/m1/s1. The van der Waals surface area contributed by atoms with Crippen LogP contribution in [0.5, 0.6) is 11.5 Å². The van der Waals surface area contributed by atoms with Crippen molar-refractivity contribution in [2.45, 2.75) is 25.8 Å². The average molecular weight is 412 g/mol. The maximum Gasteiger partial charge on any atom is 0.307 e. The topological polar surface area (TPSA) is 77.1 Å². The Balaban J connectivity index is 1.85. The van der Waals surface area contributed by atoms with Crippen molar-refractivity contribution in [3.05, 3.63) is 53.1 Å². The molecule has 2 aromatic carbocycles. The number of hydrogen-bond acceptors (Lipinski definition) is 6. The van der Waals surface area contributed by atoms with Crippen molar-refractivity contribution in [3.63, 3.8) is 0 Å². The number of rotatable bonds is 7. The Kier molecular flexibility index (Phi) is 6.95. The maximum absolute atomic E-state index is 12.7. The number of aryl methyl sites for hydroxylation is 1. The van der Waals surface area contributed by atoms with E-state index < -0.39 is 0 Å². The van der Waals surface area contributed by atoms with Gasteiger partial charge in [-0.1, -0.05) is 12.1 Å². The first kappa shape index (κ1) is 21.6. The first-order valence-electron chi connectivity index (χ1n) is 9.87. The smallest absolute Gasteiger partial charge is 0.307 e. The first-order valence-corrected chi connectivity index (χ1v) is 9.87. The highest BCUT2D eigenvalue weighted by molar-refractivity contribution is 5.92. The zero-order chi connectivity index (χ0) is 21.7. The van der Waals surface area contributed by atoms with Gasteiger partial charge in [0.25, 0.3) is 0 Å². The van der Waals surface area contributed by atoms with Gasteiger partial charge in [0.1, 0.15) is 0 Å². The molecule has 0 saturated carbocycles. The third kappa shape index (κ3) is 4.91. The number of nitrogens with one attached hydrogen (secondary N) is 1. The van der Waals surface area contributed by atoms with Gasteiger partial charge in [-0.3, -0.25) is 14.5 Å². The quantitative estimate of drug-likeness (QED) is 0.704. The van der Waals surface area contributed by atoms with Gasteiger partial charge in [-0.05, 0) is 54.3 Å². The van der Waals surface area contributed by atoms with E-state index in [1.54, 1.807) is 14.2 Å². The molecule has 1 heterocycles. The van der Waals surface area contributed by atoms with Crippen LogP contribution in [0.25, 0.3) is 0 Å². The van der Waals surface area contributed by atoms with E-state index >= 15 is 0 Å². The Labute approximate surface area is 176 Å². The van der Waals surface area contributed by atoms with E-state index in [1.807, 2.05) is 48.2 Å². The van der Waals surface area contributed by atoms with Gasteiger partial charge >= 0.3 is 5.97 Å². The summed E-state index contributed by atoms with van der Waals surface area (Å²) in [5.41, 5.74) is 3.86. The van der Waals surface area contributed by atoms with Crippen molar-refractivity contribution in [2.24, 2.45) is 0 Å². The van der Waals surface area contributed by atoms with Crippen molar-refractivity contribution in [1.82, 2.24) is 4.90 Å². The van der Waals surface area contributed by atoms with Crippen LogP contribution in [0.4, 0.5) is 5.69 Å². The van der Waals surface area contributed by atoms with Gasteiger partial charge in [-0.25, -0.2) is 0 Å². The van der Waals surface area contributed by atoms with Gasteiger partial charge in [0.05, 0.1) is 34.3 Å². The van der Waals surface area contributed by atoms with Crippen LogP contribution in [-0.2, 0) is 20.7 Å². The van der Waals surface area contributed by atoms with Gasteiger partial charge < -0.3 is 19.5 Å². The van der Waals surface area contributed by atoms with Crippen molar-refractivity contribution < 1.29 is 23.8 Å². The van der Waals surface area contributed by atoms with Crippen LogP contribution in [0, 0.1) is 6.92 Å². The Morgan fingerprint density at radius 3 is 2.50 bits per heavy atom. The molecule has 1 aliphatic heterocycles. The van der Waals surface area contributed by atoms with Gasteiger partial charge in [0, 0.05) is 18.3 Å². The normalized spacial score (nSPS) is 15.8. The van der Waals surface area contributed by atoms with Crippen LogP contribution in [0.1, 0.15) is 29.2 Å². The summed E-state index contributed by atoms with van der Waals surface area (Å²) in [5, 5.41) is 2.94. The molecular formula is C23H28N2O5. The van der Waals surface area contributed by atoms with Gasteiger partial charge in [0.15, 0.2) is 11.5 Å². The molecule has 0 aliphatic carbocycles. The Morgan fingerprint density at radius 2 is 1.83 bits per heavy atom. The molecule has 1 atom stereocenters. The lowest BCUT2D eigenvalue weighted by atomic mass is 9.90. The molecule has 0 unspecified atom stereocenters. The number of hydrogen-bond donors (Lipinski definition) is 1. The molecular weight excluding hydrogens is 384 g/mol. The predicted octanol–water partition coefficient (Wildman–Crippen LogP) is 3.11. The predicted molar refractivity (Wildman–Crippen MR) is 114 cm³/mol. The van der Waals surface area contributed by atoms with E-state index in [2.05, 4.69) is 5.32 Å². The average Bonchev–Trinajstić information content (AvgIpc) is 2.74. The number of fused-ring (bicyclic) bond motifs is 1. The molecule has 7 nitrogen and oxygen atoms in total. The zero-order valence-electron chi connectivity index (χ0n) is 17.9. The molecule has 0 fully saturated rings. The van der Waals surface area contributed by atoms with E-state index in [1.165, 1.54) is 7.11 Å². The van der Waals surface area contributed by atoms with E-state index in [4.69, 9.17) is 14.2 Å². The SMILES string of the molecule is COC(=O)C[C@@H]1c2cc(OC)c(OC)cc2CCN1CC(=O)Nc1cccc(C)c1. The number of carbonyl (C=O) groups excluding carboxylic acids is 2. The van der Waals surface area contributed by atoms with Crippen LogP contribution in [-0.4, -0.2) is 51.2 Å². The van der Waals surface area contributed by atoms with Crippen molar-refractivity contribution in [2.75, 3.05) is 39.7 Å². The highest BCUT2D eigenvalue weighted by Gasteiger charge is 2.32. The van der Waals surface area contributed by atoms with Crippen molar-refractivity contribution in [3.8, 4) is 11.5 Å². The molecule has 0 spiro atoms. The van der Waals surface area contributed by atoms with Crippen molar-refractivity contribution in [1.29, 1.82) is 0 Å². The van der Waals surface area contributed by atoms with Crippen LogP contribution in [0.2, 0.25) is 0 Å². The second kappa shape index (κ2) is 9.63. The molecule has 160 valence electrons. The van der Waals surface area contributed by atoms with Crippen molar-refractivity contribution >= 4 is 17.6 Å². The molecule has 1 amide bonds. The van der Waals surface area contributed by atoms with E-state index in [-0.39, 0.29) is 30.9 Å². The molecule has 0 saturated heterocycles. The molecule has 0 aromatic heterocycles. The molecule has 0 radical (unpaired) electrons. The van der Waals surface area contributed by atoms with Gasteiger partial charge in [-0.2, -0.15) is 0 Å². The third-order valence-corrected chi connectivity index (χ3v) is 5.35. The number of amides is 1. The Bertz CT molecular complexity index is 928. The molecule has 2 aromatic rings. The number of benzene rings is 2. The summed E-state index contributed by atoms with van der Waals surface area (Å²) in [6, 6.07) is 11.2. The summed E-state index contributed by atoms with van der Waals surface area (Å²) >= 11 is 0. The summed E-state index contributed by atoms with van der Waals surface area (Å²) in [6.07, 6.45) is 0.891. The lowest BCUT2D eigenvalue weighted by Gasteiger charge is -2.36. The molecule has 1 aliphatic rings. The summed E-state index contributed by atoms with van der Waals surface area (Å²) in [6.45, 7) is 2.79. The lowest BCUT2D eigenvalue weighted by molar-refractivity contribution is -0.142. The largest absolute Gasteiger partial charge is 0.493 e. The highest BCUT2D eigenvalue weighted by atomic mass is 16.5. The fourth-order valence-corrected chi connectivity index (χ4v) is 3.86. The minimum absolute atomic E-state index is 0.126. The van der Waals surface area contributed by atoms with Crippen LogP contribution < -0.4 is 14.8 Å². The lowest BCUT2D eigenvalue weighted by Crippen LogP contribution is -2.41. The fourth-order valence-electron chi connectivity index (χ4n) is 3.86. The molecule has 0 bridgehead atoms. The van der Waals surface area contributed by atoms with E-state index in [0.717, 1.165) is 28.8 Å². The second-order valence-electron chi connectivity index (χ2n) is 7.34. The molecule has 1 N–H and O–H groups in total. The number of nitrogens with zero attached hydrogens (tertiary/aromatic N) is 1. The number of ether oxygens (including phenoxy) is 3. The summed E-state index contributed by atoms with van der Waals surface area (Å²) < 4.78 is 15.8. The van der Waals surface area contributed by atoms with Crippen LogP contribution in [0.3, 0.4) is 0 Å². The van der Waals surface area contributed by atoms with Crippen LogP contribution >= 0.6 is 0 Å². The second-order valence-corrected chi connectivity index (χ2v) is 7.34. The summed E-state index contributed by atoms with van der Waals surface area (Å²) in [5.74, 6) is 0.794. The van der Waals surface area contributed by atoms with Gasteiger partial charge in [-0.15, -0.1) is 0 Å². The van der Waals surface area contributed by atoms with Crippen LogP contribution in [0.15, 0.2) is 36.4 Å². The van der Waals surface area contributed by atoms with E-state index in [9.17, 15) is 9.59 Å². The maximum atomic E-state index is 12.7. The summed E-state index contributed by atoms with van der Waals surface area (Å²) in [7, 11) is 4.55. The van der Waals surface area contributed by atoms with E-state index in [0.29, 0.717) is 18.0 Å². The summed E-state index contributed by atoms with van der Waals surface area (Å²) in [4.78, 5) is 26.8. The fraction of sp³-hybridized carbons (Fsp3) is 0.391. The number of anilines is 1. The minimum Gasteiger partial charge on any atom is -0.493 e. The van der Waals surface area contributed by atoms with Gasteiger partial charge in [0.2, 0.25) is 5.91 Å². The highest BCUT2D eigenvalue weighted by Crippen LogP contribution is 2.39. The minimum atomic E-state index is -0.327. The molecule has 3 rings (SSSR count). The number of esters is 1. The first-order chi connectivity index (χ1) is 14.4. The third-order valence-electron chi connectivity index (χ3n) is 5.35. The monoisotopic (exact) mass is 412 g/mol. The number of methoxy groups -OCH3 is 3. The Hall–Kier alpha value is -3.06. The zero-order valence-corrected chi connectivity index (χ0v) is 17.9. The number of carbonyl (C=O) groups is 2.